The van der Waals surface area contributed by atoms with Crippen LogP contribution in [-0.4, -0.2) is 18.1 Å². The van der Waals surface area contributed by atoms with Crippen molar-refractivity contribution in [1.82, 2.24) is 10.3 Å². The van der Waals surface area contributed by atoms with Gasteiger partial charge in [0.05, 0.1) is 24.5 Å². The maximum Gasteiger partial charge on any atom is 0.319 e. The highest BCUT2D eigenvalue weighted by atomic mass is 16.5. The van der Waals surface area contributed by atoms with Crippen LogP contribution in [0.3, 0.4) is 0 Å². The molecule has 2 N–H and O–H groups in total. The number of ether oxygens (including phenoxy) is 1. The van der Waals surface area contributed by atoms with E-state index < -0.39 is 5.54 Å². The number of pyridine rings is 1. The average Bonchev–Trinajstić information content (AvgIpc) is 2.56. The number of nitrogens with zero attached hydrogens (tertiary/aromatic N) is 1. The minimum Gasteiger partial charge on any atom is -0.481 e. The monoisotopic (exact) mass is 299 g/mol. The Kier molecular flexibility index (Phi) is 4.99. The lowest BCUT2D eigenvalue weighted by Gasteiger charge is -2.30. The second-order valence-electron chi connectivity index (χ2n) is 5.22. The van der Waals surface area contributed by atoms with Crippen LogP contribution in [0.4, 0.5) is 10.5 Å². The van der Waals surface area contributed by atoms with Crippen molar-refractivity contribution in [3.8, 4) is 5.88 Å². The van der Waals surface area contributed by atoms with Gasteiger partial charge in [-0.2, -0.15) is 0 Å². The fourth-order valence-electron chi connectivity index (χ4n) is 2.16. The molecule has 116 valence electrons. The van der Waals surface area contributed by atoms with Crippen molar-refractivity contribution in [2.24, 2.45) is 0 Å². The highest BCUT2D eigenvalue weighted by Gasteiger charge is 2.26. The van der Waals surface area contributed by atoms with Gasteiger partial charge in [-0.3, -0.25) is 0 Å². The summed E-state index contributed by atoms with van der Waals surface area (Å²) < 4.78 is 4.99. The van der Waals surface area contributed by atoms with Gasteiger partial charge in [0.1, 0.15) is 0 Å². The predicted octanol–water partition coefficient (Wildman–Crippen LogP) is 3.54. The first-order valence-electron chi connectivity index (χ1n) is 7.22. The van der Waals surface area contributed by atoms with Crippen LogP contribution in [0.15, 0.2) is 48.7 Å². The third-order valence-electron chi connectivity index (χ3n) is 3.71. The molecule has 0 spiro atoms. The molecule has 0 saturated heterocycles. The molecular formula is C17H21N3O2. The number of hydrogen-bond donors (Lipinski definition) is 2. The van der Waals surface area contributed by atoms with Gasteiger partial charge in [-0.1, -0.05) is 37.3 Å². The lowest BCUT2D eigenvalue weighted by molar-refractivity contribution is 0.238. The Labute approximate surface area is 130 Å². The maximum absolute atomic E-state index is 12.2. The van der Waals surface area contributed by atoms with E-state index in [0.29, 0.717) is 11.6 Å². The molecule has 0 unspecified atom stereocenters. The second kappa shape index (κ2) is 6.93. The number of aromatic nitrogens is 1. The van der Waals surface area contributed by atoms with E-state index in [4.69, 9.17) is 4.74 Å². The van der Waals surface area contributed by atoms with Crippen molar-refractivity contribution >= 4 is 11.7 Å². The maximum atomic E-state index is 12.2. The summed E-state index contributed by atoms with van der Waals surface area (Å²) in [5.41, 5.74) is 1.26. The molecule has 0 aliphatic heterocycles. The molecule has 1 aromatic carbocycles. The van der Waals surface area contributed by atoms with Crippen molar-refractivity contribution in [3.05, 3.63) is 54.2 Å². The van der Waals surface area contributed by atoms with Crippen LogP contribution in [0, 0.1) is 0 Å². The zero-order valence-corrected chi connectivity index (χ0v) is 13.1. The number of nitrogens with one attached hydrogen (secondary N) is 2. The highest BCUT2D eigenvalue weighted by molar-refractivity contribution is 5.89. The summed E-state index contributed by atoms with van der Waals surface area (Å²) in [6.07, 6.45) is 2.34. The first-order valence-corrected chi connectivity index (χ1v) is 7.22. The van der Waals surface area contributed by atoms with E-state index in [9.17, 15) is 4.79 Å². The molecule has 22 heavy (non-hydrogen) atoms. The van der Waals surface area contributed by atoms with E-state index in [2.05, 4.69) is 15.6 Å². The second-order valence-corrected chi connectivity index (χ2v) is 5.22. The standard InChI is InChI=1S/C17H21N3O2/c1-4-17(2,13-8-6-5-7-9-13)20-16(21)19-14-10-11-15(22-3)18-12-14/h5-12H,4H2,1-3H3,(H2,19,20,21)/t17-/m0/s1. The molecule has 0 aliphatic rings. The molecule has 0 radical (unpaired) electrons. The third kappa shape index (κ3) is 3.75. The van der Waals surface area contributed by atoms with Crippen LogP contribution in [0.1, 0.15) is 25.8 Å². The van der Waals surface area contributed by atoms with Gasteiger partial charge in [0.25, 0.3) is 0 Å². The van der Waals surface area contributed by atoms with Gasteiger partial charge in [-0.25, -0.2) is 9.78 Å². The zero-order valence-electron chi connectivity index (χ0n) is 13.1. The van der Waals surface area contributed by atoms with Gasteiger partial charge in [0.15, 0.2) is 0 Å². The largest absolute Gasteiger partial charge is 0.481 e. The summed E-state index contributed by atoms with van der Waals surface area (Å²) in [7, 11) is 1.55. The van der Waals surface area contributed by atoms with Gasteiger partial charge in [0.2, 0.25) is 5.88 Å². The lowest BCUT2D eigenvalue weighted by atomic mass is 9.89. The fraction of sp³-hybridized carbons (Fsp3) is 0.294. The summed E-state index contributed by atoms with van der Waals surface area (Å²) in [5.74, 6) is 0.508. The smallest absolute Gasteiger partial charge is 0.319 e. The van der Waals surface area contributed by atoms with Crippen LogP contribution < -0.4 is 15.4 Å². The van der Waals surface area contributed by atoms with Crippen molar-refractivity contribution in [3.63, 3.8) is 0 Å². The van der Waals surface area contributed by atoms with Crippen LogP contribution >= 0.6 is 0 Å². The summed E-state index contributed by atoms with van der Waals surface area (Å²) in [6.45, 7) is 4.05. The van der Waals surface area contributed by atoms with Gasteiger partial charge in [-0.05, 0) is 25.0 Å². The molecule has 2 amide bonds. The van der Waals surface area contributed by atoms with Crippen molar-refractivity contribution in [1.29, 1.82) is 0 Å². The lowest BCUT2D eigenvalue weighted by Crippen LogP contribution is -2.45. The Balaban J connectivity index is 2.06. The normalized spacial score (nSPS) is 13.0. The molecule has 1 atom stereocenters. The summed E-state index contributed by atoms with van der Waals surface area (Å²) in [6, 6.07) is 13.1. The quantitative estimate of drug-likeness (QED) is 0.887. The summed E-state index contributed by atoms with van der Waals surface area (Å²) >= 11 is 0. The zero-order chi connectivity index (χ0) is 16.0. The fourth-order valence-corrected chi connectivity index (χ4v) is 2.16. The van der Waals surface area contributed by atoms with Crippen LogP contribution in [0.25, 0.3) is 0 Å². The third-order valence-corrected chi connectivity index (χ3v) is 3.71. The highest BCUT2D eigenvalue weighted by Crippen LogP contribution is 2.24. The molecular weight excluding hydrogens is 278 g/mol. The number of carbonyl (C=O) groups excluding carboxylic acids is 1. The number of rotatable bonds is 5. The van der Waals surface area contributed by atoms with Gasteiger partial charge in [0, 0.05) is 6.07 Å². The Morgan fingerprint density at radius 3 is 2.50 bits per heavy atom. The molecule has 5 nitrogen and oxygen atoms in total. The molecule has 2 rings (SSSR count). The topological polar surface area (TPSA) is 63.2 Å². The van der Waals surface area contributed by atoms with Crippen molar-refractivity contribution in [2.45, 2.75) is 25.8 Å². The SMILES string of the molecule is CC[C@](C)(NC(=O)Nc1ccc(OC)nc1)c1ccccc1. The van der Waals surface area contributed by atoms with E-state index in [-0.39, 0.29) is 6.03 Å². The number of benzene rings is 1. The number of anilines is 1. The number of carbonyl (C=O) groups is 1. The van der Waals surface area contributed by atoms with Crippen molar-refractivity contribution < 1.29 is 9.53 Å². The first-order chi connectivity index (χ1) is 10.6. The first kappa shape index (κ1) is 15.8. The molecule has 1 heterocycles. The number of urea groups is 1. The molecule has 0 bridgehead atoms. The number of amides is 2. The molecule has 5 heteroatoms. The van der Waals surface area contributed by atoms with Crippen LogP contribution in [0.5, 0.6) is 5.88 Å². The van der Waals surface area contributed by atoms with E-state index in [1.165, 1.54) is 0 Å². The Morgan fingerprint density at radius 1 is 1.23 bits per heavy atom. The summed E-state index contributed by atoms with van der Waals surface area (Å²) in [4.78, 5) is 16.3. The minimum absolute atomic E-state index is 0.264. The van der Waals surface area contributed by atoms with E-state index >= 15 is 0 Å². The van der Waals surface area contributed by atoms with Crippen molar-refractivity contribution in [2.75, 3.05) is 12.4 Å². The average molecular weight is 299 g/mol. The van der Waals surface area contributed by atoms with E-state index in [1.54, 1.807) is 25.4 Å². The molecule has 0 fully saturated rings. The molecule has 0 saturated carbocycles. The molecule has 1 aromatic heterocycles. The Bertz CT molecular complexity index is 614. The predicted molar refractivity (Wildman–Crippen MR) is 87.0 cm³/mol. The van der Waals surface area contributed by atoms with Gasteiger partial charge >= 0.3 is 6.03 Å². The van der Waals surface area contributed by atoms with E-state index in [0.717, 1.165) is 12.0 Å². The number of methoxy groups -OCH3 is 1. The van der Waals surface area contributed by atoms with Gasteiger partial charge < -0.3 is 15.4 Å². The van der Waals surface area contributed by atoms with E-state index in [1.807, 2.05) is 44.2 Å². The van der Waals surface area contributed by atoms with Crippen LogP contribution in [0.2, 0.25) is 0 Å². The summed E-state index contributed by atoms with van der Waals surface area (Å²) in [5, 5.41) is 5.81. The molecule has 2 aromatic rings. The Hall–Kier alpha value is -2.56. The van der Waals surface area contributed by atoms with Crippen LogP contribution in [-0.2, 0) is 5.54 Å². The molecule has 0 aliphatic carbocycles. The minimum atomic E-state index is -0.425. The van der Waals surface area contributed by atoms with Gasteiger partial charge in [-0.15, -0.1) is 0 Å². The Morgan fingerprint density at radius 2 is 1.95 bits per heavy atom. The number of hydrogen-bond acceptors (Lipinski definition) is 3.